The Morgan fingerprint density at radius 2 is 2.05 bits per heavy atom. The second kappa shape index (κ2) is 5.95. The van der Waals surface area contributed by atoms with Crippen molar-refractivity contribution in [2.24, 2.45) is 0 Å². The second-order valence-electron chi connectivity index (χ2n) is 6.34. The van der Waals surface area contributed by atoms with Gasteiger partial charge in [-0.25, -0.2) is 0 Å². The highest BCUT2D eigenvalue weighted by Crippen LogP contribution is 2.33. The first-order valence-electron chi connectivity index (χ1n) is 7.90. The molecule has 0 bridgehead atoms. The predicted octanol–water partition coefficient (Wildman–Crippen LogP) is 4.08. The number of carbonyl (C=O) groups is 1. The molecule has 4 nitrogen and oxygen atoms in total. The molecule has 2 heterocycles. The number of benzene rings is 1. The van der Waals surface area contributed by atoms with Gasteiger partial charge in [0, 0.05) is 12.6 Å². The van der Waals surface area contributed by atoms with Gasteiger partial charge in [0.2, 0.25) is 5.76 Å². The first-order chi connectivity index (χ1) is 10.6. The molecule has 1 saturated heterocycles. The summed E-state index contributed by atoms with van der Waals surface area (Å²) in [7, 11) is 0. The van der Waals surface area contributed by atoms with Crippen molar-refractivity contribution in [1.29, 1.82) is 0 Å². The lowest BCUT2D eigenvalue weighted by Crippen LogP contribution is -2.30. The minimum atomic E-state index is -0.0533. The molecule has 1 aliphatic rings. The van der Waals surface area contributed by atoms with Gasteiger partial charge in [0.05, 0.1) is 11.7 Å². The topological polar surface area (TPSA) is 46.3 Å². The maximum atomic E-state index is 12.7. The fourth-order valence-corrected chi connectivity index (χ4v) is 2.95. The Bertz CT molecular complexity index is 658. The fourth-order valence-electron chi connectivity index (χ4n) is 2.95. The maximum absolute atomic E-state index is 12.7. The highest BCUT2D eigenvalue weighted by molar-refractivity contribution is 5.92. The number of nitrogens with zero attached hydrogens (tertiary/aromatic N) is 2. The SMILES string of the molecule is Cc1ccc(C2CCCN2C(=O)c2cc(C(C)C)no2)cc1. The zero-order valence-corrected chi connectivity index (χ0v) is 13.4. The van der Waals surface area contributed by atoms with Crippen molar-refractivity contribution >= 4 is 5.91 Å². The monoisotopic (exact) mass is 298 g/mol. The molecule has 1 unspecified atom stereocenters. The Hall–Kier alpha value is -2.10. The van der Waals surface area contributed by atoms with E-state index < -0.39 is 0 Å². The van der Waals surface area contributed by atoms with Gasteiger partial charge >= 0.3 is 0 Å². The van der Waals surface area contributed by atoms with Crippen molar-refractivity contribution < 1.29 is 9.32 Å². The maximum Gasteiger partial charge on any atom is 0.292 e. The van der Waals surface area contributed by atoms with E-state index in [4.69, 9.17) is 4.52 Å². The van der Waals surface area contributed by atoms with Gasteiger partial charge in [-0.1, -0.05) is 48.8 Å². The molecule has 1 aromatic carbocycles. The van der Waals surface area contributed by atoms with Crippen LogP contribution >= 0.6 is 0 Å². The number of aryl methyl sites for hydroxylation is 1. The highest BCUT2D eigenvalue weighted by Gasteiger charge is 2.32. The summed E-state index contributed by atoms with van der Waals surface area (Å²) in [6, 6.07) is 10.3. The predicted molar refractivity (Wildman–Crippen MR) is 84.8 cm³/mol. The number of amides is 1. The molecule has 0 radical (unpaired) electrons. The van der Waals surface area contributed by atoms with E-state index in [9.17, 15) is 4.79 Å². The van der Waals surface area contributed by atoms with Gasteiger partial charge in [0.15, 0.2) is 0 Å². The minimum absolute atomic E-state index is 0.0533. The molecular formula is C18H22N2O2. The Morgan fingerprint density at radius 3 is 2.68 bits per heavy atom. The second-order valence-corrected chi connectivity index (χ2v) is 6.34. The van der Waals surface area contributed by atoms with Crippen LogP contribution in [0.25, 0.3) is 0 Å². The largest absolute Gasteiger partial charge is 0.351 e. The van der Waals surface area contributed by atoms with Gasteiger partial charge in [-0.3, -0.25) is 4.79 Å². The minimum Gasteiger partial charge on any atom is -0.351 e. The smallest absolute Gasteiger partial charge is 0.292 e. The lowest BCUT2D eigenvalue weighted by atomic mass is 10.0. The number of rotatable bonds is 3. The molecule has 0 spiro atoms. The third-order valence-corrected chi connectivity index (χ3v) is 4.31. The Morgan fingerprint density at radius 1 is 1.32 bits per heavy atom. The summed E-state index contributed by atoms with van der Waals surface area (Å²) in [6.07, 6.45) is 2.02. The molecule has 0 N–H and O–H groups in total. The Kier molecular flexibility index (Phi) is 4.01. The molecule has 1 amide bonds. The molecule has 22 heavy (non-hydrogen) atoms. The molecule has 0 saturated carbocycles. The number of carbonyl (C=O) groups excluding carboxylic acids is 1. The van der Waals surface area contributed by atoms with E-state index >= 15 is 0 Å². The quantitative estimate of drug-likeness (QED) is 0.857. The molecule has 2 aromatic rings. The van der Waals surface area contributed by atoms with Crippen molar-refractivity contribution in [3.63, 3.8) is 0 Å². The van der Waals surface area contributed by atoms with E-state index in [2.05, 4.69) is 36.3 Å². The van der Waals surface area contributed by atoms with E-state index in [-0.39, 0.29) is 17.9 Å². The van der Waals surface area contributed by atoms with Crippen LogP contribution in [0.1, 0.15) is 66.0 Å². The van der Waals surface area contributed by atoms with E-state index in [1.807, 2.05) is 18.7 Å². The zero-order valence-electron chi connectivity index (χ0n) is 13.4. The van der Waals surface area contributed by atoms with E-state index in [0.29, 0.717) is 5.76 Å². The molecular weight excluding hydrogens is 276 g/mol. The van der Waals surface area contributed by atoms with Crippen molar-refractivity contribution in [2.45, 2.75) is 45.6 Å². The van der Waals surface area contributed by atoms with Gasteiger partial charge in [-0.05, 0) is 31.2 Å². The van der Waals surface area contributed by atoms with Gasteiger partial charge in [0.1, 0.15) is 0 Å². The summed E-state index contributed by atoms with van der Waals surface area (Å²) in [4.78, 5) is 14.6. The number of hydrogen-bond acceptors (Lipinski definition) is 3. The molecule has 1 aromatic heterocycles. The highest BCUT2D eigenvalue weighted by atomic mass is 16.5. The van der Waals surface area contributed by atoms with Gasteiger partial charge in [-0.15, -0.1) is 0 Å². The Balaban J connectivity index is 1.82. The van der Waals surface area contributed by atoms with Crippen molar-refractivity contribution in [1.82, 2.24) is 10.1 Å². The lowest BCUT2D eigenvalue weighted by Gasteiger charge is -2.24. The average molecular weight is 298 g/mol. The van der Waals surface area contributed by atoms with Crippen molar-refractivity contribution in [2.75, 3.05) is 6.54 Å². The summed E-state index contributed by atoms with van der Waals surface area (Å²) in [5, 5.41) is 4.00. The van der Waals surface area contributed by atoms with Crippen LogP contribution in [0.4, 0.5) is 0 Å². The van der Waals surface area contributed by atoms with Crippen LogP contribution in [0.3, 0.4) is 0 Å². The van der Waals surface area contributed by atoms with Crippen LogP contribution in [0.15, 0.2) is 34.9 Å². The van der Waals surface area contributed by atoms with Crippen molar-refractivity contribution in [3.8, 4) is 0 Å². The van der Waals surface area contributed by atoms with Crippen LogP contribution < -0.4 is 0 Å². The molecule has 1 aliphatic heterocycles. The first-order valence-corrected chi connectivity index (χ1v) is 7.90. The Labute approximate surface area is 131 Å². The summed E-state index contributed by atoms with van der Waals surface area (Å²) < 4.78 is 5.26. The normalized spacial score (nSPS) is 18.2. The van der Waals surface area contributed by atoms with E-state index in [1.165, 1.54) is 11.1 Å². The summed E-state index contributed by atoms with van der Waals surface area (Å²) >= 11 is 0. The molecule has 3 rings (SSSR count). The first kappa shape index (κ1) is 14.8. The van der Waals surface area contributed by atoms with Crippen LogP contribution in [0.2, 0.25) is 0 Å². The van der Waals surface area contributed by atoms with Crippen molar-refractivity contribution in [3.05, 3.63) is 52.9 Å². The van der Waals surface area contributed by atoms with Crippen LogP contribution in [0.5, 0.6) is 0 Å². The van der Waals surface area contributed by atoms with Gasteiger partial charge < -0.3 is 9.42 Å². The molecule has 1 atom stereocenters. The van der Waals surface area contributed by atoms with Crippen LogP contribution in [-0.2, 0) is 0 Å². The standard InChI is InChI=1S/C18H22N2O2/c1-12(2)15-11-17(22-19-15)18(21)20-10-4-5-16(20)14-8-6-13(3)7-9-14/h6-9,11-12,16H,4-5,10H2,1-3H3. The van der Waals surface area contributed by atoms with Crippen LogP contribution in [-0.4, -0.2) is 22.5 Å². The third kappa shape index (κ3) is 2.78. The van der Waals surface area contributed by atoms with Gasteiger partial charge in [-0.2, -0.15) is 0 Å². The molecule has 0 aliphatic carbocycles. The summed E-state index contributed by atoms with van der Waals surface area (Å²) in [6.45, 7) is 6.92. The average Bonchev–Trinajstić information content (AvgIpc) is 3.17. The molecule has 1 fully saturated rings. The summed E-state index contributed by atoms with van der Waals surface area (Å²) in [5.74, 6) is 0.557. The van der Waals surface area contributed by atoms with Crippen LogP contribution in [0, 0.1) is 6.92 Å². The molecule has 4 heteroatoms. The van der Waals surface area contributed by atoms with E-state index in [0.717, 1.165) is 25.1 Å². The van der Waals surface area contributed by atoms with Gasteiger partial charge in [0.25, 0.3) is 5.91 Å². The number of likely N-dealkylation sites (tertiary alicyclic amines) is 1. The number of hydrogen-bond donors (Lipinski definition) is 0. The third-order valence-electron chi connectivity index (χ3n) is 4.31. The zero-order chi connectivity index (χ0) is 15.7. The summed E-state index contributed by atoms with van der Waals surface area (Å²) in [5.41, 5.74) is 3.26. The number of aromatic nitrogens is 1. The molecule has 116 valence electrons. The lowest BCUT2D eigenvalue weighted by molar-refractivity contribution is 0.0693. The van der Waals surface area contributed by atoms with E-state index in [1.54, 1.807) is 6.07 Å². The fraction of sp³-hybridized carbons (Fsp3) is 0.444.